The van der Waals surface area contributed by atoms with E-state index in [1.54, 1.807) is 18.4 Å². The van der Waals surface area contributed by atoms with Gasteiger partial charge in [-0.2, -0.15) is 4.98 Å². The minimum Gasteiger partial charge on any atom is -0.461 e. The zero-order valence-corrected chi connectivity index (χ0v) is 9.46. The summed E-state index contributed by atoms with van der Waals surface area (Å²) in [5.41, 5.74) is -0.580. The number of aromatic nitrogens is 2. The highest BCUT2D eigenvalue weighted by atomic mass is 16.5. The highest BCUT2D eigenvalue weighted by molar-refractivity contribution is 5.44. The van der Waals surface area contributed by atoms with Gasteiger partial charge in [0.25, 0.3) is 0 Å². The van der Waals surface area contributed by atoms with Crippen LogP contribution in [0.15, 0.2) is 27.3 Å². The molecular formula is C11H13N3O3. The maximum absolute atomic E-state index is 9.59. The molecule has 0 bridgehead atoms. The maximum atomic E-state index is 9.59. The molecule has 0 spiro atoms. The summed E-state index contributed by atoms with van der Waals surface area (Å²) in [6.45, 7) is 3.63. The molecule has 3 heterocycles. The third kappa shape index (κ3) is 2.09. The summed E-state index contributed by atoms with van der Waals surface area (Å²) in [5.74, 6) is 1.58. The van der Waals surface area contributed by atoms with Crippen molar-refractivity contribution in [1.29, 1.82) is 0 Å². The Morgan fingerprint density at radius 2 is 2.35 bits per heavy atom. The molecule has 1 saturated heterocycles. The van der Waals surface area contributed by atoms with Crippen molar-refractivity contribution in [3.63, 3.8) is 0 Å². The molecule has 1 aliphatic rings. The molecular weight excluding hydrogens is 222 g/mol. The zero-order valence-electron chi connectivity index (χ0n) is 9.46. The van der Waals surface area contributed by atoms with Crippen LogP contribution < -0.4 is 0 Å². The average Bonchev–Trinajstić information content (AvgIpc) is 2.82. The second-order valence-electron chi connectivity index (χ2n) is 4.63. The van der Waals surface area contributed by atoms with Crippen LogP contribution in [0.25, 0.3) is 11.6 Å². The summed E-state index contributed by atoms with van der Waals surface area (Å²) >= 11 is 0. The number of hydrogen-bond acceptors (Lipinski definition) is 6. The van der Waals surface area contributed by atoms with Gasteiger partial charge in [-0.05, 0) is 19.1 Å². The lowest BCUT2D eigenvalue weighted by Gasteiger charge is -2.43. The van der Waals surface area contributed by atoms with Gasteiger partial charge < -0.3 is 14.0 Å². The summed E-state index contributed by atoms with van der Waals surface area (Å²) in [7, 11) is 0. The van der Waals surface area contributed by atoms with Crippen molar-refractivity contribution < 1.29 is 14.0 Å². The van der Waals surface area contributed by atoms with Gasteiger partial charge in [0.2, 0.25) is 11.7 Å². The van der Waals surface area contributed by atoms with Crippen LogP contribution in [-0.2, 0) is 6.54 Å². The van der Waals surface area contributed by atoms with Gasteiger partial charge in [0, 0.05) is 13.1 Å². The zero-order chi connectivity index (χ0) is 11.9. The summed E-state index contributed by atoms with van der Waals surface area (Å²) < 4.78 is 10.3. The van der Waals surface area contributed by atoms with E-state index in [9.17, 15) is 5.11 Å². The van der Waals surface area contributed by atoms with E-state index in [-0.39, 0.29) is 0 Å². The summed E-state index contributed by atoms with van der Waals surface area (Å²) in [6.07, 6.45) is 1.57. The van der Waals surface area contributed by atoms with E-state index in [4.69, 9.17) is 8.94 Å². The predicted molar refractivity (Wildman–Crippen MR) is 57.9 cm³/mol. The second-order valence-corrected chi connectivity index (χ2v) is 4.63. The Kier molecular flexibility index (Phi) is 2.27. The minimum absolute atomic E-state index is 0.456. The van der Waals surface area contributed by atoms with E-state index in [1.165, 1.54) is 0 Å². The quantitative estimate of drug-likeness (QED) is 0.851. The largest absolute Gasteiger partial charge is 0.461 e. The Labute approximate surface area is 97.8 Å². The van der Waals surface area contributed by atoms with E-state index in [0.717, 1.165) is 0 Å². The molecule has 1 fully saturated rings. The number of β-amino-alcohol motifs (C(OH)–C–C–N with tert-alkyl or cyclic N) is 1. The van der Waals surface area contributed by atoms with Gasteiger partial charge in [-0.15, -0.1) is 0 Å². The molecule has 0 radical (unpaired) electrons. The number of rotatable bonds is 3. The van der Waals surface area contributed by atoms with Crippen molar-refractivity contribution in [2.24, 2.45) is 0 Å². The van der Waals surface area contributed by atoms with Crippen molar-refractivity contribution >= 4 is 0 Å². The molecule has 0 aromatic carbocycles. The molecule has 0 amide bonds. The van der Waals surface area contributed by atoms with Crippen LogP contribution in [0.3, 0.4) is 0 Å². The standard InChI is InChI=1S/C11H13N3O3/c1-11(15)6-14(7-11)5-9-12-10(13-17-9)8-3-2-4-16-8/h2-4,15H,5-7H2,1H3. The van der Waals surface area contributed by atoms with E-state index in [2.05, 4.69) is 10.1 Å². The molecule has 2 aromatic heterocycles. The topological polar surface area (TPSA) is 75.5 Å². The van der Waals surface area contributed by atoms with E-state index < -0.39 is 5.60 Å². The first kappa shape index (κ1) is 10.5. The Bertz CT molecular complexity index is 496. The Morgan fingerprint density at radius 1 is 1.53 bits per heavy atom. The lowest BCUT2D eigenvalue weighted by molar-refractivity contribution is -0.0901. The van der Waals surface area contributed by atoms with E-state index >= 15 is 0 Å². The third-order valence-corrected chi connectivity index (χ3v) is 2.70. The average molecular weight is 235 g/mol. The molecule has 1 N–H and O–H groups in total. The van der Waals surface area contributed by atoms with Gasteiger partial charge in [0.05, 0.1) is 18.4 Å². The van der Waals surface area contributed by atoms with Crippen molar-refractivity contribution in [2.75, 3.05) is 13.1 Å². The molecule has 1 aliphatic heterocycles. The van der Waals surface area contributed by atoms with Crippen molar-refractivity contribution in [2.45, 2.75) is 19.1 Å². The van der Waals surface area contributed by atoms with Gasteiger partial charge >= 0.3 is 0 Å². The fourth-order valence-electron chi connectivity index (χ4n) is 2.05. The van der Waals surface area contributed by atoms with Crippen LogP contribution in [0.2, 0.25) is 0 Å². The fraction of sp³-hybridized carbons (Fsp3) is 0.455. The SMILES string of the molecule is CC1(O)CN(Cc2nc(-c3ccco3)no2)C1. The fourth-order valence-corrected chi connectivity index (χ4v) is 2.05. The lowest BCUT2D eigenvalue weighted by Crippen LogP contribution is -2.59. The first-order valence-electron chi connectivity index (χ1n) is 5.44. The first-order valence-corrected chi connectivity index (χ1v) is 5.44. The Balaban J connectivity index is 1.66. The molecule has 0 aliphatic carbocycles. The van der Waals surface area contributed by atoms with Crippen LogP contribution in [-0.4, -0.2) is 38.8 Å². The van der Waals surface area contributed by atoms with Crippen LogP contribution in [0.5, 0.6) is 0 Å². The second kappa shape index (κ2) is 3.68. The lowest BCUT2D eigenvalue weighted by atomic mass is 9.97. The number of hydrogen-bond donors (Lipinski definition) is 1. The van der Waals surface area contributed by atoms with Crippen molar-refractivity contribution in [1.82, 2.24) is 15.0 Å². The number of aliphatic hydroxyl groups is 1. The summed E-state index contributed by atoms with van der Waals surface area (Å²) in [5, 5.41) is 13.4. The highest BCUT2D eigenvalue weighted by Gasteiger charge is 2.37. The highest BCUT2D eigenvalue weighted by Crippen LogP contribution is 2.22. The van der Waals surface area contributed by atoms with Gasteiger partial charge in [-0.25, -0.2) is 0 Å². The molecule has 0 unspecified atom stereocenters. The van der Waals surface area contributed by atoms with Crippen LogP contribution in [0.4, 0.5) is 0 Å². The number of likely N-dealkylation sites (tertiary alicyclic amines) is 1. The maximum Gasteiger partial charge on any atom is 0.241 e. The summed E-state index contributed by atoms with van der Waals surface area (Å²) in [4.78, 5) is 6.27. The first-order chi connectivity index (χ1) is 8.12. The molecule has 0 saturated carbocycles. The molecule has 17 heavy (non-hydrogen) atoms. The van der Waals surface area contributed by atoms with Crippen molar-refractivity contribution in [3.05, 3.63) is 24.3 Å². The monoisotopic (exact) mass is 235 g/mol. The third-order valence-electron chi connectivity index (χ3n) is 2.70. The van der Waals surface area contributed by atoms with E-state index in [0.29, 0.717) is 37.1 Å². The molecule has 2 aromatic rings. The van der Waals surface area contributed by atoms with Gasteiger partial charge in [-0.3, -0.25) is 4.90 Å². The molecule has 6 nitrogen and oxygen atoms in total. The van der Waals surface area contributed by atoms with Crippen LogP contribution >= 0.6 is 0 Å². The van der Waals surface area contributed by atoms with Crippen LogP contribution in [0, 0.1) is 0 Å². The Hall–Kier alpha value is -1.66. The van der Waals surface area contributed by atoms with E-state index in [1.807, 2.05) is 11.8 Å². The van der Waals surface area contributed by atoms with Gasteiger partial charge in [-0.1, -0.05) is 5.16 Å². The molecule has 0 atom stereocenters. The molecule has 90 valence electrons. The normalized spacial score (nSPS) is 19.2. The van der Waals surface area contributed by atoms with Gasteiger partial charge in [0.1, 0.15) is 0 Å². The predicted octanol–water partition coefficient (Wildman–Crippen LogP) is 0.896. The number of furan rings is 1. The molecule has 3 rings (SSSR count). The van der Waals surface area contributed by atoms with Gasteiger partial charge in [0.15, 0.2) is 5.76 Å². The smallest absolute Gasteiger partial charge is 0.241 e. The summed E-state index contributed by atoms with van der Waals surface area (Å²) in [6, 6.07) is 3.56. The van der Waals surface area contributed by atoms with Crippen molar-refractivity contribution in [3.8, 4) is 11.6 Å². The minimum atomic E-state index is -0.580. The number of nitrogens with zero attached hydrogens (tertiary/aromatic N) is 3. The van der Waals surface area contributed by atoms with Crippen LogP contribution in [0.1, 0.15) is 12.8 Å². The Morgan fingerprint density at radius 3 is 3.00 bits per heavy atom. The molecule has 6 heteroatoms.